The van der Waals surface area contributed by atoms with Crippen molar-refractivity contribution >= 4 is 11.9 Å². The van der Waals surface area contributed by atoms with Crippen molar-refractivity contribution in [1.82, 2.24) is 0 Å². The van der Waals surface area contributed by atoms with E-state index in [2.05, 4.69) is 0 Å². The lowest BCUT2D eigenvalue weighted by Crippen LogP contribution is -2.07. The predicted molar refractivity (Wildman–Crippen MR) is 73.3 cm³/mol. The Bertz CT molecular complexity index is 605. The quantitative estimate of drug-likeness (QED) is 0.848. The molecule has 4 heteroatoms. The molecule has 1 N–H and O–H groups in total. The summed E-state index contributed by atoms with van der Waals surface area (Å²) in [4.78, 5) is 22.5. The number of carboxylic acids is 1. The Kier molecular flexibility index (Phi) is 4.50. The van der Waals surface area contributed by atoms with Gasteiger partial charge in [0.25, 0.3) is 0 Å². The maximum Gasteiger partial charge on any atom is 0.338 e. The Labute approximate surface area is 116 Å². The summed E-state index contributed by atoms with van der Waals surface area (Å²) < 4.78 is 5.19. The number of carboxylic acid groups (broad SMARTS) is 1. The van der Waals surface area contributed by atoms with Crippen LogP contribution in [0.5, 0.6) is 0 Å². The van der Waals surface area contributed by atoms with Crippen molar-refractivity contribution < 1.29 is 19.4 Å². The zero-order chi connectivity index (χ0) is 14.4. The average Bonchev–Trinajstić information content (AvgIpc) is 2.45. The molecule has 0 amide bonds. The normalized spacial score (nSPS) is 10.0. The Morgan fingerprint density at radius 2 is 1.65 bits per heavy atom. The molecule has 0 saturated carbocycles. The van der Waals surface area contributed by atoms with Crippen LogP contribution in [-0.2, 0) is 22.6 Å². The fourth-order valence-electron chi connectivity index (χ4n) is 1.79. The first-order valence-electron chi connectivity index (χ1n) is 6.17. The number of benzene rings is 2. The van der Waals surface area contributed by atoms with E-state index in [9.17, 15) is 9.59 Å². The summed E-state index contributed by atoms with van der Waals surface area (Å²) in [5.74, 6) is -1.39. The van der Waals surface area contributed by atoms with Crippen molar-refractivity contribution in [3.63, 3.8) is 0 Å². The van der Waals surface area contributed by atoms with Gasteiger partial charge < -0.3 is 9.84 Å². The molecule has 0 aliphatic heterocycles. The minimum atomic E-state index is -0.931. The van der Waals surface area contributed by atoms with Crippen molar-refractivity contribution in [2.24, 2.45) is 0 Å². The van der Waals surface area contributed by atoms with Crippen LogP contribution in [0, 0.1) is 0 Å². The first-order valence-corrected chi connectivity index (χ1v) is 6.17. The topological polar surface area (TPSA) is 63.6 Å². The van der Waals surface area contributed by atoms with Gasteiger partial charge in [-0.15, -0.1) is 0 Å². The molecular formula is C16H14O4. The zero-order valence-corrected chi connectivity index (χ0v) is 10.8. The van der Waals surface area contributed by atoms with Crippen molar-refractivity contribution in [2.75, 3.05) is 0 Å². The zero-order valence-electron chi connectivity index (χ0n) is 10.8. The van der Waals surface area contributed by atoms with Gasteiger partial charge in [0.05, 0.1) is 12.0 Å². The van der Waals surface area contributed by atoms with Crippen LogP contribution in [0.15, 0.2) is 54.6 Å². The second kappa shape index (κ2) is 6.52. The van der Waals surface area contributed by atoms with Crippen LogP contribution in [0.4, 0.5) is 0 Å². The first kappa shape index (κ1) is 13.8. The molecule has 0 unspecified atom stereocenters. The van der Waals surface area contributed by atoms with E-state index in [1.165, 1.54) is 0 Å². The van der Waals surface area contributed by atoms with E-state index in [0.29, 0.717) is 11.1 Å². The minimum Gasteiger partial charge on any atom is -0.481 e. The molecule has 0 radical (unpaired) electrons. The molecule has 0 saturated heterocycles. The Morgan fingerprint density at radius 3 is 2.35 bits per heavy atom. The van der Waals surface area contributed by atoms with Crippen molar-refractivity contribution in [3.8, 4) is 0 Å². The number of carbonyl (C=O) groups is 2. The largest absolute Gasteiger partial charge is 0.481 e. The SMILES string of the molecule is O=C(O)Cc1cccc(C(=O)OCc2ccccc2)c1. The second-order valence-corrected chi connectivity index (χ2v) is 4.33. The molecule has 0 aliphatic carbocycles. The number of esters is 1. The molecule has 0 bridgehead atoms. The molecule has 2 aromatic carbocycles. The van der Waals surface area contributed by atoms with Crippen LogP contribution in [0.1, 0.15) is 21.5 Å². The highest BCUT2D eigenvalue weighted by Gasteiger charge is 2.09. The van der Waals surface area contributed by atoms with E-state index in [-0.39, 0.29) is 13.0 Å². The molecule has 20 heavy (non-hydrogen) atoms. The van der Waals surface area contributed by atoms with Gasteiger partial charge >= 0.3 is 11.9 Å². The van der Waals surface area contributed by atoms with Crippen LogP contribution in [0.25, 0.3) is 0 Å². The lowest BCUT2D eigenvalue weighted by Gasteiger charge is -2.06. The van der Waals surface area contributed by atoms with E-state index in [0.717, 1.165) is 5.56 Å². The van der Waals surface area contributed by atoms with Gasteiger partial charge in [-0.3, -0.25) is 4.79 Å². The van der Waals surface area contributed by atoms with Crippen LogP contribution in [0.3, 0.4) is 0 Å². The molecule has 2 aromatic rings. The summed E-state index contributed by atoms with van der Waals surface area (Å²) >= 11 is 0. The molecule has 0 aromatic heterocycles. The molecule has 0 spiro atoms. The maximum absolute atomic E-state index is 11.9. The fraction of sp³-hybridized carbons (Fsp3) is 0.125. The summed E-state index contributed by atoms with van der Waals surface area (Å²) in [6, 6.07) is 15.8. The smallest absolute Gasteiger partial charge is 0.338 e. The van der Waals surface area contributed by atoms with E-state index < -0.39 is 11.9 Å². The number of hydrogen-bond donors (Lipinski definition) is 1. The standard InChI is InChI=1S/C16H14O4/c17-15(18)10-13-7-4-8-14(9-13)16(19)20-11-12-5-2-1-3-6-12/h1-9H,10-11H2,(H,17,18). The minimum absolute atomic E-state index is 0.111. The van der Waals surface area contributed by atoms with E-state index in [1.807, 2.05) is 30.3 Å². The summed E-state index contributed by atoms with van der Waals surface area (Å²) in [7, 11) is 0. The van der Waals surface area contributed by atoms with Gasteiger partial charge in [-0.1, -0.05) is 42.5 Å². The number of carbonyl (C=O) groups excluding carboxylic acids is 1. The molecule has 2 rings (SSSR count). The molecule has 0 atom stereocenters. The molecular weight excluding hydrogens is 256 g/mol. The Hall–Kier alpha value is -2.62. The van der Waals surface area contributed by atoms with Crippen LogP contribution >= 0.6 is 0 Å². The monoisotopic (exact) mass is 270 g/mol. The Balaban J connectivity index is 2.00. The summed E-state index contributed by atoms with van der Waals surface area (Å²) in [5, 5.41) is 8.73. The van der Waals surface area contributed by atoms with E-state index in [4.69, 9.17) is 9.84 Å². The molecule has 0 fully saturated rings. The van der Waals surface area contributed by atoms with Gasteiger partial charge in [0.1, 0.15) is 6.61 Å². The lowest BCUT2D eigenvalue weighted by molar-refractivity contribution is -0.136. The maximum atomic E-state index is 11.9. The number of ether oxygens (including phenoxy) is 1. The fourth-order valence-corrected chi connectivity index (χ4v) is 1.79. The van der Waals surface area contributed by atoms with Crippen molar-refractivity contribution in [1.29, 1.82) is 0 Å². The number of rotatable bonds is 5. The molecule has 0 heterocycles. The van der Waals surface area contributed by atoms with Crippen LogP contribution in [0.2, 0.25) is 0 Å². The van der Waals surface area contributed by atoms with Crippen LogP contribution < -0.4 is 0 Å². The highest BCUT2D eigenvalue weighted by molar-refractivity contribution is 5.89. The van der Waals surface area contributed by atoms with E-state index >= 15 is 0 Å². The first-order chi connectivity index (χ1) is 9.65. The van der Waals surface area contributed by atoms with Crippen LogP contribution in [-0.4, -0.2) is 17.0 Å². The third kappa shape index (κ3) is 3.95. The molecule has 102 valence electrons. The molecule has 0 aliphatic rings. The number of aliphatic carboxylic acids is 1. The second-order valence-electron chi connectivity index (χ2n) is 4.33. The van der Waals surface area contributed by atoms with E-state index in [1.54, 1.807) is 24.3 Å². The summed E-state index contributed by atoms with van der Waals surface area (Å²) in [6.45, 7) is 0.197. The van der Waals surface area contributed by atoms with Gasteiger partial charge in [0.15, 0.2) is 0 Å². The highest BCUT2D eigenvalue weighted by Crippen LogP contribution is 2.09. The third-order valence-electron chi connectivity index (χ3n) is 2.73. The van der Waals surface area contributed by atoms with Crippen molar-refractivity contribution in [2.45, 2.75) is 13.0 Å². The molecule has 4 nitrogen and oxygen atoms in total. The van der Waals surface area contributed by atoms with Gasteiger partial charge in [-0.05, 0) is 23.3 Å². The summed E-state index contributed by atoms with van der Waals surface area (Å²) in [5.41, 5.74) is 1.84. The third-order valence-corrected chi connectivity index (χ3v) is 2.73. The summed E-state index contributed by atoms with van der Waals surface area (Å²) in [6.07, 6.45) is -0.111. The number of hydrogen-bond acceptors (Lipinski definition) is 3. The van der Waals surface area contributed by atoms with Crippen molar-refractivity contribution in [3.05, 3.63) is 71.3 Å². The lowest BCUT2D eigenvalue weighted by atomic mass is 10.1. The van der Waals surface area contributed by atoms with Gasteiger partial charge in [0, 0.05) is 0 Å². The van der Waals surface area contributed by atoms with Gasteiger partial charge in [-0.25, -0.2) is 4.79 Å². The predicted octanol–water partition coefficient (Wildman–Crippen LogP) is 2.67. The van der Waals surface area contributed by atoms with Gasteiger partial charge in [0.2, 0.25) is 0 Å². The average molecular weight is 270 g/mol. The Morgan fingerprint density at radius 1 is 0.950 bits per heavy atom. The van der Waals surface area contributed by atoms with Gasteiger partial charge in [-0.2, -0.15) is 0 Å². The highest BCUT2D eigenvalue weighted by atomic mass is 16.5.